The monoisotopic (exact) mass is 175 g/mol. The lowest BCUT2D eigenvalue weighted by Crippen LogP contribution is -2.15. The molecule has 0 heterocycles. The van der Waals surface area contributed by atoms with Crippen LogP contribution in [0.4, 0.5) is 0 Å². The van der Waals surface area contributed by atoms with E-state index in [1.807, 2.05) is 6.07 Å². The van der Waals surface area contributed by atoms with Crippen molar-refractivity contribution in [3.05, 3.63) is 0 Å². The average molecular weight is 175 g/mol. The van der Waals surface area contributed by atoms with Crippen LogP contribution in [0.1, 0.15) is 19.3 Å². The Morgan fingerprint density at radius 2 is 2.09 bits per heavy atom. The van der Waals surface area contributed by atoms with Gasteiger partial charge in [0.25, 0.3) is 10.1 Å². The lowest BCUT2D eigenvalue weighted by molar-refractivity contribution is 0.460. The van der Waals surface area contributed by atoms with Crippen LogP contribution in [0.15, 0.2) is 0 Å². The molecule has 0 aromatic carbocycles. The van der Waals surface area contributed by atoms with E-state index in [0.717, 1.165) is 12.8 Å². The Bertz CT molecular complexity index is 283. The fraction of sp³-hybridized carbons (Fsp3) is 0.833. The highest BCUT2D eigenvalue weighted by molar-refractivity contribution is 7.85. The molecule has 1 fully saturated rings. The molecule has 0 spiro atoms. The molecule has 0 saturated heterocycles. The first kappa shape index (κ1) is 8.50. The van der Waals surface area contributed by atoms with Gasteiger partial charge in [-0.05, 0) is 18.3 Å². The van der Waals surface area contributed by atoms with Crippen molar-refractivity contribution in [2.75, 3.05) is 5.75 Å². The Morgan fingerprint density at radius 3 is 2.36 bits per heavy atom. The van der Waals surface area contributed by atoms with Gasteiger partial charge in [-0.15, -0.1) is 0 Å². The minimum absolute atomic E-state index is 0.229. The number of hydrogen-bond donors (Lipinski definition) is 1. The van der Waals surface area contributed by atoms with Crippen molar-refractivity contribution in [1.29, 1.82) is 5.26 Å². The predicted molar refractivity (Wildman–Crippen MR) is 38.3 cm³/mol. The molecule has 5 heteroatoms. The fourth-order valence-corrected chi connectivity index (χ4v) is 2.27. The van der Waals surface area contributed by atoms with E-state index >= 15 is 0 Å². The molecular weight excluding hydrogens is 166 g/mol. The molecule has 1 aliphatic carbocycles. The Labute approximate surface area is 65.6 Å². The molecule has 62 valence electrons. The van der Waals surface area contributed by atoms with E-state index < -0.39 is 15.5 Å². The zero-order chi connectivity index (χ0) is 8.54. The third kappa shape index (κ3) is 2.48. The van der Waals surface area contributed by atoms with Gasteiger partial charge in [0.15, 0.2) is 0 Å². The first-order valence-corrected chi connectivity index (χ1v) is 4.91. The van der Waals surface area contributed by atoms with Crippen molar-refractivity contribution < 1.29 is 13.0 Å². The van der Waals surface area contributed by atoms with Crippen LogP contribution in [-0.2, 0) is 10.1 Å². The van der Waals surface area contributed by atoms with Gasteiger partial charge in [-0.3, -0.25) is 4.55 Å². The predicted octanol–water partition coefficient (Wildman–Crippen LogP) is 0.568. The largest absolute Gasteiger partial charge is 0.286 e. The zero-order valence-electron chi connectivity index (χ0n) is 5.95. The van der Waals surface area contributed by atoms with Gasteiger partial charge in [-0.1, -0.05) is 0 Å². The SMILES string of the molecule is N#CCC1(CS(=O)(=O)O)CC1. The molecule has 1 N–H and O–H groups in total. The molecular formula is C6H9NO3S. The molecule has 1 aliphatic rings. The molecule has 0 bridgehead atoms. The molecule has 0 radical (unpaired) electrons. The molecule has 0 aromatic heterocycles. The van der Waals surface area contributed by atoms with Gasteiger partial charge in [0.1, 0.15) is 0 Å². The number of nitriles is 1. The van der Waals surface area contributed by atoms with Gasteiger partial charge in [0.2, 0.25) is 0 Å². The Hall–Kier alpha value is -0.600. The lowest BCUT2D eigenvalue weighted by atomic mass is 10.1. The summed E-state index contributed by atoms with van der Waals surface area (Å²) in [6.45, 7) is 0. The summed E-state index contributed by atoms with van der Waals surface area (Å²) in [6, 6.07) is 1.92. The molecule has 0 aliphatic heterocycles. The van der Waals surface area contributed by atoms with Crippen LogP contribution in [0.25, 0.3) is 0 Å². The molecule has 11 heavy (non-hydrogen) atoms. The third-order valence-corrected chi connectivity index (χ3v) is 2.88. The number of hydrogen-bond acceptors (Lipinski definition) is 3. The van der Waals surface area contributed by atoms with Crippen LogP contribution < -0.4 is 0 Å². The van der Waals surface area contributed by atoms with E-state index in [4.69, 9.17) is 9.81 Å². The minimum atomic E-state index is -3.89. The fourth-order valence-electron chi connectivity index (χ4n) is 1.10. The Morgan fingerprint density at radius 1 is 1.55 bits per heavy atom. The van der Waals surface area contributed by atoms with E-state index in [1.165, 1.54) is 0 Å². The maximum atomic E-state index is 10.4. The van der Waals surface area contributed by atoms with E-state index in [-0.39, 0.29) is 12.2 Å². The van der Waals surface area contributed by atoms with E-state index in [1.54, 1.807) is 0 Å². The molecule has 0 atom stereocenters. The van der Waals surface area contributed by atoms with E-state index in [0.29, 0.717) is 0 Å². The van der Waals surface area contributed by atoms with Crippen LogP contribution >= 0.6 is 0 Å². The van der Waals surface area contributed by atoms with Gasteiger partial charge < -0.3 is 0 Å². The molecule has 0 aromatic rings. The summed E-state index contributed by atoms with van der Waals surface area (Å²) >= 11 is 0. The summed E-state index contributed by atoms with van der Waals surface area (Å²) < 4.78 is 29.3. The summed E-state index contributed by atoms with van der Waals surface area (Å²) in [4.78, 5) is 0. The van der Waals surface area contributed by atoms with Crippen LogP contribution in [0.2, 0.25) is 0 Å². The summed E-state index contributed by atoms with van der Waals surface area (Å²) in [6.07, 6.45) is 1.70. The van der Waals surface area contributed by atoms with Crippen molar-refractivity contribution in [3.8, 4) is 6.07 Å². The quantitative estimate of drug-likeness (QED) is 0.636. The molecule has 1 rings (SSSR count). The van der Waals surface area contributed by atoms with Crippen LogP contribution in [0, 0.1) is 16.7 Å². The first-order chi connectivity index (χ1) is 4.97. The second kappa shape index (κ2) is 2.47. The van der Waals surface area contributed by atoms with Gasteiger partial charge >= 0.3 is 0 Å². The second-order valence-electron chi connectivity index (χ2n) is 3.06. The molecule has 0 unspecified atom stereocenters. The summed E-state index contributed by atoms with van der Waals surface area (Å²) in [7, 11) is -3.89. The van der Waals surface area contributed by atoms with Gasteiger partial charge in [0.05, 0.1) is 11.8 Å². The number of rotatable bonds is 3. The normalized spacial score (nSPS) is 20.7. The standard InChI is InChI=1S/C6H9NO3S/c7-4-3-6(1-2-6)5-11(8,9)10/h1-3,5H2,(H,8,9,10). The van der Waals surface area contributed by atoms with Crippen LogP contribution in [-0.4, -0.2) is 18.7 Å². The minimum Gasteiger partial charge on any atom is -0.286 e. The van der Waals surface area contributed by atoms with Gasteiger partial charge in [-0.25, -0.2) is 0 Å². The zero-order valence-corrected chi connectivity index (χ0v) is 6.76. The third-order valence-electron chi connectivity index (χ3n) is 1.90. The molecule has 1 saturated carbocycles. The van der Waals surface area contributed by atoms with Crippen molar-refractivity contribution in [1.82, 2.24) is 0 Å². The summed E-state index contributed by atoms with van der Waals surface area (Å²) in [5, 5.41) is 8.31. The molecule has 4 nitrogen and oxygen atoms in total. The van der Waals surface area contributed by atoms with Crippen molar-refractivity contribution in [2.24, 2.45) is 5.41 Å². The second-order valence-corrected chi connectivity index (χ2v) is 4.51. The van der Waals surface area contributed by atoms with Crippen molar-refractivity contribution >= 4 is 10.1 Å². The smallest absolute Gasteiger partial charge is 0.265 e. The lowest BCUT2D eigenvalue weighted by Gasteiger charge is -2.05. The Kier molecular flexibility index (Phi) is 1.90. The average Bonchev–Trinajstić information content (AvgIpc) is 2.44. The highest BCUT2D eigenvalue weighted by Crippen LogP contribution is 2.49. The maximum absolute atomic E-state index is 10.4. The maximum Gasteiger partial charge on any atom is 0.265 e. The highest BCUT2D eigenvalue weighted by Gasteiger charge is 2.45. The molecule has 0 amide bonds. The topological polar surface area (TPSA) is 78.2 Å². The van der Waals surface area contributed by atoms with Crippen molar-refractivity contribution in [2.45, 2.75) is 19.3 Å². The number of nitrogens with zero attached hydrogens (tertiary/aromatic N) is 1. The summed E-state index contributed by atoms with van der Waals surface area (Å²) in [5.74, 6) is -0.256. The van der Waals surface area contributed by atoms with Crippen LogP contribution in [0.3, 0.4) is 0 Å². The summed E-state index contributed by atoms with van der Waals surface area (Å²) in [5.41, 5.74) is -0.414. The van der Waals surface area contributed by atoms with E-state index in [9.17, 15) is 8.42 Å². The first-order valence-electron chi connectivity index (χ1n) is 3.30. The van der Waals surface area contributed by atoms with E-state index in [2.05, 4.69) is 0 Å². The van der Waals surface area contributed by atoms with Crippen molar-refractivity contribution in [3.63, 3.8) is 0 Å². The van der Waals surface area contributed by atoms with Gasteiger partial charge in [-0.2, -0.15) is 13.7 Å². The van der Waals surface area contributed by atoms with Crippen LogP contribution in [0.5, 0.6) is 0 Å². The van der Waals surface area contributed by atoms with Gasteiger partial charge in [0, 0.05) is 6.42 Å². The highest BCUT2D eigenvalue weighted by atomic mass is 32.2. The Balaban J connectivity index is 2.57.